The van der Waals surface area contributed by atoms with Gasteiger partial charge in [-0.25, -0.2) is 4.39 Å². The van der Waals surface area contributed by atoms with Crippen LogP contribution in [-0.2, 0) is 18.6 Å². The highest BCUT2D eigenvalue weighted by Gasteiger charge is 2.43. The second-order valence-electron chi connectivity index (χ2n) is 7.81. The Balaban J connectivity index is 1.35. The van der Waals surface area contributed by atoms with Gasteiger partial charge in [-0.15, -0.1) is 0 Å². The fourth-order valence-corrected chi connectivity index (χ4v) is 4.87. The summed E-state index contributed by atoms with van der Waals surface area (Å²) in [5.41, 5.74) is 3.31. The van der Waals surface area contributed by atoms with E-state index < -0.39 is 5.72 Å². The van der Waals surface area contributed by atoms with Crippen molar-refractivity contribution in [3.8, 4) is 5.75 Å². The molecule has 0 radical (unpaired) electrons. The van der Waals surface area contributed by atoms with Crippen LogP contribution in [0.5, 0.6) is 5.75 Å². The number of aryl methyl sites for hydroxylation is 2. The van der Waals surface area contributed by atoms with Gasteiger partial charge in [0.1, 0.15) is 17.3 Å². The van der Waals surface area contributed by atoms with E-state index >= 15 is 0 Å². The summed E-state index contributed by atoms with van der Waals surface area (Å²) in [5, 5.41) is 11.4. The minimum Gasteiger partial charge on any atom is -0.491 e. The monoisotopic (exact) mass is 368 g/mol. The van der Waals surface area contributed by atoms with Crippen LogP contribution in [0.2, 0.25) is 0 Å². The van der Waals surface area contributed by atoms with Gasteiger partial charge in [0.05, 0.1) is 12.3 Å². The summed E-state index contributed by atoms with van der Waals surface area (Å²) in [7, 11) is 0. The minimum absolute atomic E-state index is 0.225. The molecule has 0 saturated carbocycles. The quantitative estimate of drug-likeness (QED) is 0.884. The molecule has 27 heavy (non-hydrogen) atoms. The third-order valence-electron chi connectivity index (χ3n) is 6.30. The molecule has 1 N–H and O–H groups in total. The molecule has 5 rings (SSSR count). The number of benzene rings is 2. The molecular weight excluding hydrogens is 343 g/mol. The molecule has 2 aliphatic heterocycles. The van der Waals surface area contributed by atoms with Crippen LogP contribution in [0.1, 0.15) is 29.5 Å². The van der Waals surface area contributed by atoms with Crippen LogP contribution in [0.15, 0.2) is 36.4 Å². The Morgan fingerprint density at radius 1 is 1.00 bits per heavy atom. The Bertz CT molecular complexity index is 863. The lowest BCUT2D eigenvalue weighted by Gasteiger charge is -2.44. The van der Waals surface area contributed by atoms with Crippen LogP contribution in [0.4, 0.5) is 10.1 Å². The molecule has 1 atom stereocenters. The molecule has 2 heterocycles. The normalized spacial score (nSPS) is 25.0. The first-order chi connectivity index (χ1) is 13.1. The fourth-order valence-electron chi connectivity index (χ4n) is 4.87. The number of rotatable bonds is 2. The number of para-hydroxylation sites is 1. The highest BCUT2D eigenvalue weighted by molar-refractivity contribution is 5.63. The second kappa shape index (κ2) is 6.50. The highest BCUT2D eigenvalue weighted by atomic mass is 19.1. The van der Waals surface area contributed by atoms with Crippen LogP contribution < -0.4 is 9.64 Å². The Morgan fingerprint density at radius 3 is 2.70 bits per heavy atom. The zero-order valence-electron chi connectivity index (χ0n) is 15.5. The zero-order valence-corrected chi connectivity index (χ0v) is 15.5. The van der Waals surface area contributed by atoms with E-state index in [1.165, 1.54) is 17.3 Å². The van der Waals surface area contributed by atoms with Crippen molar-refractivity contribution in [3.05, 3.63) is 58.9 Å². The minimum atomic E-state index is -0.970. The molecule has 0 spiro atoms. The largest absolute Gasteiger partial charge is 0.491 e. The molecule has 1 unspecified atom stereocenters. The third-order valence-corrected chi connectivity index (χ3v) is 6.30. The molecular formula is C22H25FN2O2. The van der Waals surface area contributed by atoms with Gasteiger partial charge >= 0.3 is 0 Å². The Kier molecular flexibility index (Phi) is 4.10. The van der Waals surface area contributed by atoms with Crippen molar-refractivity contribution in [2.45, 2.75) is 31.4 Å². The first-order valence-corrected chi connectivity index (χ1v) is 9.91. The molecule has 3 aliphatic rings. The third kappa shape index (κ3) is 2.80. The predicted octanol–water partition coefficient (Wildman–Crippen LogP) is 3.06. The van der Waals surface area contributed by atoms with Crippen LogP contribution in [0.3, 0.4) is 0 Å². The van der Waals surface area contributed by atoms with Gasteiger partial charge in [0.15, 0.2) is 0 Å². The summed E-state index contributed by atoms with van der Waals surface area (Å²) < 4.78 is 19.5. The second-order valence-corrected chi connectivity index (χ2v) is 7.81. The van der Waals surface area contributed by atoms with Crippen molar-refractivity contribution in [2.75, 3.05) is 37.7 Å². The lowest BCUT2D eigenvalue weighted by atomic mass is 10.0. The van der Waals surface area contributed by atoms with Gasteiger partial charge in [0, 0.05) is 31.7 Å². The first kappa shape index (κ1) is 17.0. The van der Waals surface area contributed by atoms with E-state index in [2.05, 4.69) is 28.0 Å². The average molecular weight is 368 g/mol. The van der Waals surface area contributed by atoms with Crippen LogP contribution >= 0.6 is 0 Å². The zero-order chi connectivity index (χ0) is 18.4. The van der Waals surface area contributed by atoms with Crippen molar-refractivity contribution < 1.29 is 14.2 Å². The summed E-state index contributed by atoms with van der Waals surface area (Å²) >= 11 is 0. The summed E-state index contributed by atoms with van der Waals surface area (Å²) in [6, 6.07) is 11.2. The molecule has 2 aromatic rings. The van der Waals surface area contributed by atoms with Gasteiger partial charge in [-0.2, -0.15) is 0 Å². The number of aliphatic hydroxyl groups is 1. The number of halogens is 1. The van der Waals surface area contributed by atoms with Crippen LogP contribution in [0.25, 0.3) is 0 Å². The summed E-state index contributed by atoms with van der Waals surface area (Å²) in [6.45, 7) is 4.03. The molecule has 5 heteroatoms. The van der Waals surface area contributed by atoms with Gasteiger partial charge in [-0.05, 0) is 55.0 Å². The van der Waals surface area contributed by atoms with Crippen molar-refractivity contribution in [3.63, 3.8) is 0 Å². The van der Waals surface area contributed by atoms with Gasteiger partial charge in [0.2, 0.25) is 0 Å². The Labute approximate surface area is 159 Å². The summed E-state index contributed by atoms with van der Waals surface area (Å²) in [6.07, 6.45) is 3.52. The number of fused-ring (bicyclic) bond motifs is 2. The summed E-state index contributed by atoms with van der Waals surface area (Å²) in [4.78, 5) is 4.52. The molecule has 4 nitrogen and oxygen atoms in total. The topological polar surface area (TPSA) is 35.9 Å². The van der Waals surface area contributed by atoms with Crippen LogP contribution in [-0.4, -0.2) is 42.8 Å². The molecule has 142 valence electrons. The predicted molar refractivity (Wildman–Crippen MR) is 103 cm³/mol. The standard InChI is InChI=1S/C22H25FN2O2/c23-18-6-7-19-17(15-18)8-9-22(19,26)25-12-10-24(11-13-25)20-5-1-3-16-4-2-14-27-21(16)20/h1,3,5-7,15,26H,2,4,8-14H2. The van der Waals surface area contributed by atoms with Gasteiger partial charge in [-0.3, -0.25) is 4.90 Å². The van der Waals surface area contributed by atoms with Crippen LogP contribution in [0, 0.1) is 5.82 Å². The van der Waals surface area contributed by atoms with E-state index in [0.717, 1.165) is 68.9 Å². The SMILES string of the molecule is OC1(N2CCN(c3cccc4c3OCCC4)CC2)CCc2cc(F)ccc21. The molecule has 1 saturated heterocycles. The molecule has 0 aromatic heterocycles. The van der Waals surface area contributed by atoms with Crippen molar-refractivity contribution in [1.29, 1.82) is 0 Å². The van der Waals surface area contributed by atoms with E-state index in [-0.39, 0.29) is 5.82 Å². The molecule has 2 aromatic carbocycles. The molecule has 0 bridgehead atoms. The number of piperazine rings is 1. The molecule has 1 aliphatic carbocycles. The van der Waals surface area contributed by atoms with Gasteiger partial charge < -0.3 is 14.7 Å². The average Bonchev–Trinajstić information content (AvgIpc) is 3.05. The first-order valence-electron chi connectivity index (χ1n) is 9.91. The van der Waals surface area contributed by atoms with E-state index in [1.807, 2.05) is 0 Å². The van der Waals surface area contributed by atoms with E-state index in [0.29, 0.717) is 6.42 Å². The smallest absolute Gasteiger partial charge is 0.145 e. The van der Waals surface area contributed by atoms with Crippen molar-refractivity contribution in [2.24, 2.45) is 0 Å². The van der Waals surface area contributed by atoms with Gasteiger partial charge in [0.25, 0.3) is 0 Å². The van der Waals surface area contributed by atoms with Crippen molar-refractivity contribution in [1.82, 2.24) is 4.90 Å². The summed E-state index contributed by atoms with van der Waals surface area (Å²) in [5.74, 6) is 0.814. The molecule has 0 amide bonds. The Hall–Kier alpha value is -2.11. The fraction of sp³-hybridized carbons (Fsp3) is 0.455. The number of anilines is 1. The maximum atomic E-state index is 13.5. The number of nitrogens with zero attached hydrogens (tertiary/aromatic N) is 2. The van der Waals surface area contributed by atoms with E-state index in [9.17, 15) is 9.50 Å². The van der Waals surface area contributed by atoms with E-state index in [1.54, 1.807) is 12.1 Å². The van der Waals surface area contributed by atoms with E-state index in [4.69, 9.17) is 4.74 Å². The number of hydrogen-bond donors (Lipinski definition) is 1. The lowest BCUT2D eigenvalue weighted by Crippen LogP contribution is -2.55. The maximum absolute atomic E-state index is 13.5. The number of ether oxygens (including phenoxy) is 1. The lowest BCUT2D eigenvalue weighted by molar-refractivity contribution is -0.116. The number of hydrogen-bond acceptors (Lipinski definition) is 4. The maximum Gasteiger partial charge on any atom is 0.145 e. The van der Waals surface area contributed by atoms with Crippen molar-refractivity contribution >= 4 is 5.69 Å². The van der Waals surface area contributed by atoms with Gasteiger partial charge in [-0.1, -0.05) is 18.2 Å². The molecule has 1 fully saturated rings. The Morgan fingerprint density at radius 2 is 1.85 bits per heavy atom. The highest BCUT2D eigenvalue weighted by Crippen LogP contribution is 2.41.